The van der Waals surface area contributed by atoms with Crippen LogP contribution in [0.4, 0.5) is 10.9 Å². The van der Waals surface area contributed by atoms with Crippen molar-refractivity contribution in [3.63, 3.8) is 0 Å². The number of carbonyl (C=O) groups is 1. The first-order valence-corrected chi connectivity index (χ1v) is 7.81. The number of rotatable bonds is 4. The normalized spacial score (nSPS) is 17.0. The third kappa shape index (κ3) is 3.59. The molecule has 0 saturated heterocycles. The molecule has 112 valence electrons. The van der Waals surface area contributed by atoms with E-state index in [0.29, 0.717) is 0 Å². The molecule has 6 heteroatoms. The van der Waals surface area contributed by atoms with Crippen LogP contribution in [0.25, 0.3) is 5.57 Å². The minimum Gasteiger partial charge on any atom is -0.350 e. The van der Waals surface area contributed by atoms with E-state index in [4.69, 9.17) is 0 Å². The fraction of sp³-hybridized carbons (Fsp3) is 0.188. The van der Waals surface area contributed by atoms with Crippen LogP contribution in [0.2, 0.25) is 0 Å². The maximum atomic E-state index is 11.2. The molecule has 1 aliphatic carbocycles. The summed E-state index contributed by atoms with van der Waals surface area (Å²) >= 11 is 1.58. The fourth-order valence-electron chi connectivity index (χ4n) is 2.25. The summed E-state index contributed by atoms with van der Waals surface area (Å²) in [4.78, 5) is 20.9. The Kier molecular flexibility index (Phi) is 4.29. The molecule has 2 aromatic rings. The van der Waals surface area contributed by atoms with Gasteiger partial charge >= 0.3 is 0 Å². The van der Waals surface area contributed by atoms with E-state index >= 15 is 0 Å². The molecule has 3 rings (SSSR count). The number of hydrogen-bond donors (Lipinski definition) is 2. The van der Waals surface area contributed by atoms with Gasteiger partial charge in [0.1, 0.15) is 5.82 Å². The molecule has 0 spiro atoms. The zero-order chi connectivity index (χ0) is 15.4. The van der Waals surface area contributed by atoms with E-state index in [1.54, 1.807) is 17.5 Å². The van der Waals surface area contributed by atoms with Gasteiger partial charge < -0.3 is 10.6 Å². The number of anilines is 2. The Balaban J connectivity index is 1.70. The van der Waals surface area contributed by atoms with Crippen LogP contribution in [0.5, 0.6) is 0 Å². The molecular weight excluding hydrogens is 296 g/mol. The average molecular weight is 312 g/mol. The number of thiazole rings is 1. The molecule has 1 atom stereocenters. The van der Waals surface area contributed by atoms with E-state index in [-0.39, 0.29) is 11.9 Å². The monoisotopic (exact) mass is 312 g/mol. The van der Waals surface area contributed by atoms with Gasteiger partial charge in [-0.05, 0) is 24.1 Å². The first-order valence-electron chi connectivity index (χ1n) is 6.99. The number of nitrogens with zero attached hydrogens (tertiary/aromatic N) is 2. The Bertz CT molecular complexity index is 721. The second-order valence-electron chi connectivity index (χ2n) is 4.96. The topological polar surface area (TPSA) is 66.9 Å². The number of pyridine rings is 1. The predicted octanol–water partition coefficient (Wildman–Crippen LogP) is 3.13. The third-order valence-corrected chi connectivity index (χ3v) is 4.18. The van der Waals surface area contributed by atoms with Crippen molar-refractivity contribution in [1.82, 2.24) is 15.3 Å². The van der Waals surface area contributed by atoms with Crippen LogP contribution in [0, 0.1) is 0 Å². The van der Waals surface area contributed by atoms with E-state index in [9.17, 15) is 4.79 Å². The Morgan fingerprint density at radius 2 is 2.27 bits per heavy atom. The standard InChI is InChI=1S/C16H16N4OS/c1-11(21)19-13-6-4-5-12(9-13)14-10-18-16(22-14)20-15-7-2-3-8-17-15/h2-8,10,13H,9H2,1H3,(H,19,21)(H,17,18,20). The number of amides is 1. The maximum absolute atomic E-state index is 11.2. The zero-order valence-electron chi connectivity index (χ0n) is 12.1. The summed E-state index contributed by atoms with van der Waals surface area (Å²) in [6, 6.07) is 5.75. The van der Waals surface area contributed by atoms with Crippen molar-refractivity contribution < 1.29 is 4.79 Å². The maximum Gasteiger partial charge on any atom is 0.217 e. The molecule has 0 bridgehead atoms. The molecular formula is C16H16N4OS. The van der Waals surface area contributed by atoms with Gasteiger partial charge in [0.15, 0.2) is 5.13 Å². The number of nitrogens with one attached hydrogen (secondary N) is 2. The third-order valence-electron chi connectivity index (χ3n) is 3.19. The first kappa shape index (κ1) is 14.5. The van der Waals surface area contributed by atoms with Crippen molar-refractivity contribution in [2.24, 2.45) is 0 Å². The number of hydrogen-bond acceptors (Lipinski definition) is 5. The van der Waals surface area contributed by atoms with Crippen LogP contribution in [-0.4, -0.2) is 21.9 Å². The molecule has 0 radical (unpaired) electrons. The molecule has 2 heterocycles. The molecule has 1 aliphatic rings. The Labute approximate surface area is 132 Å². The van der Waals surface area contributed by atoms with Gasteiger partial charge in [0.2, 0.25) is 5.91 Å². The van der Waals surface area contributed by atoms with Crippen molar-refractivity contribution in [1.29, 1.82) is 0 Å². The van der Waals surface area contributed by atoms with Crippen LogP contribution < -0.4 is 10.6 Å². The highest BCUT2D eigenvalue weighted by molar-refractivity contribution is 7.16. The van der Waals surface area contributed by atoms with E-state index in [2.05, 4.69) is 26.7 Å². The van der Waals surface area contributed by atoms with Crippen LogP contribution in [-0.2, 0) is 4.79 Å². The fourth-order valence-corrected chi connectivity index (χ4v) is 3.11. The van der Waals surface area contributed by atoms with E-state index in [1.807, 2.05) is 36.5 Å². The van der Waals surface area contributed by atoms with Crippen LogP contribution in [0.15, 0.2) is 48.8 Å². The largest absolute Gasteiger partial charge is 0.350 e. The predicted molar refractivity (Wildman–Crippen MR) is 89.0 cm³/mol. The summed E-state index contributed by atoms with van der Waals surface area (Å²) in [7, 11) is 0. The van der Waals surface area contributed by atoms with Gasteiger partial charge in [-0.3, -0.25) is 4.79 Å². The van der Waals surface area contributed by atoms with Crippen LogP contribution in [0.3, 0.4) is 0 Å². The molecule has 22 heavy (non-hydrogen) atoms. The van der Waals surface area contributed by atoms with Gasteiger partial charge in [-0.1, -0.05) is 35.6 Å². The number of carbonyl (C=O) groups excluding carboxylic acids is 1. The van der Waals surface area contributed by atoms with Gasteiger partial charge in [-0.25, -0.2) is 9.97 Å². The number of allylic oxidation sites excluding steroid dienone is 2. The van der Waals surface area contributed by atoms with Crippen molar-refractivity contribution in [3.05, 3.63) is 53.7 Å². The van der Waals surface area contributed by atoms with Crippen molar-refractivity contribution in [3.8, 4) is 0 Å². The Morgan fingerprint density at radius 1 is 1.36 bits per heavy atom. The second kappa shape index (κ2) is 6.53. The summed E-state index contributed by atoms with van der Waals surface area (Å²) in [6.07, 6.45) is 10.4. The molecule has 1 amide bonds. The summed E-state index contributed by atoms with van der Waals surface area (Å²) in [5.74, 6) is 0.759. The lowest BCUT2D eigenvalue weighted by Crippen LogP contribution is -2.32. The van der Waals surface area contributed by atoms with E-state index in [1.165, 1.54) is 12.5 Å². The molecule has 5 nitrogen and oxygen atoms in total. The first-order chi connectivity index (χ1) is 10.7. The molecule has 0 fully saturated rings. The van der Waals surface area contributed by atoms with Gasteiger partial charge in [-0.15, -0.1) is 0 Å². The SMILES string of the molecule is CC(=O)NC1C=CC=C(c2cnc(Nc3ccccn3)s2)C1. The molecule has 0 aromatic carbocycles. The second-order valence-corrected chi connectivity index (χ2v) is 5.99. The lowest BCUT2D eigenvalue weighted by Gasteiger charge is -2.18. The van der Waals surface area contributed by atoms with Gasteiger partial charge in [0, 0.05) is 19.3 Å². The van der Waals surface area contributed by atoms with E-state index in [0.717, 1.165) is 22.2 Å². The minimum atomic E-state index is -0.0160. The van der Waals surface area contributed by atoms with Gasteiger partial charge in [0.25, 0.3) is 0 Å². The number of aromatic nitrogens is 2. The van der Waals surface area contributed by atoms with Gasteiger partial charge in [-0.2, -0.15) is 0 Å². The molecule has 0 aliphatic heterocycles. The molecule has 0 saturated carbocycles. The molecule has 1 unspecified atom stereocenters. The smallest absolute Gasteiger partial charge is 0.217 e. The van der Waals surface area contributed by atoms with Crippen LogP contribution >= 0.6 is 11.3 Å². The highest BCUT2D eigenvalue weighted by Crippen LogP contribution is 2.31. The summed E-state index contributed by atoms with van der Waals surface area (Å²) < 4.78 is 0. The van der Waals surface area contributed by atoms with Crippen molar-refractivity contribution >= 4 is 33.8 Å². The van der Waals surface area contributed by atoms with Crippen LogP contribution in [0.1, 0.15) is 18.2 Å². The lowest BCUT2D eigenvalue weighted by molar-refractivity contribution is -0.119. The van der Waals surface area contributed by atoms with E-state index < -0.39 is 0 Å². The average Bonchev–Trinajstić information content (AvgIpc) is 2.96. The highest BCUT2D eigenvalue weighted by Gasteiger charge is 2.15. The Morgan fingerprint density at radius 3 is 3.05 bits per heavy atom. The Hall–Kier alpha value is -2.47. The van der Waals surface area contributed by atoms with Gasteiger partial charge in [0.05, 0.1) is 10.9 Å². The zero-order valence-corrected chi connectivity index (χ0v) is 12.9. The molecule has 2 N–H and O–H groups in total. The van der Waals surface area contributed by atoms with Crippen molar-refractivity contribution in [2.75, 3.05) is 5.32 Å². The summed E-state index contributed by atoms with van der Waals surface area (Å²) in [5.41, 5.74) is 1.17. The molecule has 2 aromatic heterocycles. The van der Waals surface area contributed by atoms with Crippen molar-refractivity contribution in [2.45, 2.75) is 19.4 Å². The quantitative estimate of drug-likeness (QED) is 0.910. The minimum absolute atomic E-state index is 0.0160. The highest BCUT2D eigenvalue weighted by atomic mass is 32.1. The summed E-state index contributed by atoms with van der Waals surface area (Å²) in [6.45, 7) is 1.54. The summed E-state index contributed by atoms with van der Waals surface area (Å²) in [5, 5.41) is 6.91. The lowest BCUT2D eigenvalue weighted by atomic mass is 10.00.